The van der Waals surface area contributed by atoms with Gasteiger partial charge in [-0.1, -0.05) is 0 Å². The Labute approximate surface area is 105 Å². The van der Waals surface area contributed by atoms with Crippen molar-refractivity contribution in [2.45, 2.75) is 12.8 Å². The molecule has 0 unspecified atom stereocenters. The highest BCUT2D eigenvalue weighted by Crippen LogP contribution is 2.33. The molecule has 1 aromatic rings. The van der Waals surface area contributed by atoms with Crippen molar-refractivity contribution in [1.82, 2.24) is 4.98 Å². The molecule has 4 nitrogen and oxygen atoms in total. The summed E-state index contributed by atoms with van der Waals surface area (Å²) in [4.78, 5) is 15.0. The van der Waals surface area contributed by atoms with E-state index >= 15 is 0 Å². The minimum absolute atomic E-state index is 0.0155. The minimum Gasteiger partial charge on any atom is -0.480 e. The summed E-state index contributed by atoms with van der Waals surface area (Å²) in [5.41, 5.74) is -0.0945. The van der Waals surface area contributed by atoms with Crippen LogP contribution >= 0.6 is 15.9 Å². The molecule has 0 fully saturated rings. The highest BCUT2D eigenvalue weighted by atomic mass is 79.9. The number of ether oxygens (including phenoxy) is 2. The van der Waals surface area contributed by atoms with Gasteiger partial charge >= 0.3 is 5.97 Å². The molecule has 0 bridgehead atoms. The number of rotatable bonds is 4. The van der Waals surface area contributed by atoms with Crippen LogP contribution in [0.1, 0.15) is 17.7 Å². The number of nitrogens with zero attached hydrogens (tertiary/aromatic N) is 1. The molecule has 0 N–H and O–H groups in total. The summed E-state index contributed by atoms with van der Waals surface area (Å²) in [6.45, 7) is 0. The molecule has 0 aliphatic rings. The molecule has 1 rings (SSSR count). The molecule has 0 aliphatic carbocycles. The predicted molar refractivity (Wildman–Crippen MR) is 59.2 cm³/mol. The van der Waals surface area contributed by atoms with Gasteiger partial charge < -0.3 is 9.47 Å². The van der Waals surface area contributed by atoms with Crippen LogP contribution in [0.4, 0.5) is 8.78 Å². The smallest absolute Gasteiger partial charge is 0.311 e. The third-order valence-corrected chi connectivity index (χ3v) is 2.79. The highest BCUT2D eigenvalue weighted by molar-refractivity contribution is 9.10. The maximum atomic E-state index is 12.7. The molecule has 0 atom stereocenters. The first kappa shape index (κ1) is 13.8. The SMILES string of the molecule is COC(=O)Cc1cc(C(F)F)c(Br)c(OC)n1. The molecule has 0 aliphatic heterocycles. The number of halogens is 3. The first-order chi connectivity index (χ1) is 7.99. The Hall–Kier alpha value is -1.24. The molecule has 1 heterocycles. The molecule has 0 saturated carbocycles. The van der Waals surface area contributed by atoms with Gasteiger partial charge in [0.05, 0.1) is 30.8 Å². The first-order valence-electron chi connectivity index (χ1n) is 4.57. The molecule has 0 spiro atoms. The van der Waals surface area contributed by atoms with Crippen molar-refractivity contribution in [3.63, 3.8) is 0 Å². The summed E-state index contributed by atoms with van der Waals surface area (Å²) in [5.74, 6) is -0.538. The zero-order valence-electron chi connectivity index (χ0n) is 9.17. The Bertz CT molecular complexity index is 426. The Morgan fingerprint density at radius 2 is 2.18 bits per heavy atom. The third-order valence-electron chi connectivity index (χ3n) is 1.99. The number of esters is 1. The molecular formula is C10H10BrF2NO3. The molecule has 94 valence electrons. The van der Waals surface area contributed by atoms with E-state index in [9.17, 15) is 13.6 Å². The summed E-state index contributed by atoms with van der Waals surface area (Å²) < 4.78 is 34.8. The molecule has 0 radical (unpaired) electrons. The van der Waals surface area contributed by atoms with Crippen LogP contribution in [0.2, 0.25) is 0 Å². The van der Waals surface area contributed by atoms with Crippen molar-refractivity contribution < 1.29 is 23.0 Å². The van der Waals surface area contributed by atoms with E-state index in [-0.39, 0.29) is 28.0 Å². The van der Waals surface area contributed by atoms with E-state index in [1.54, 1.807) is 0 Å². The van der Waals surface area contributed by atoms with Crippen LogP contribution in [0, 0.1) is 0 Å². The van der Waals surface area contributed by atoms with E-state index < -0.39 is 12.4 Å². The van der Waals surface area contributed by atoms with Gasteiger partial charge in [0.2, 0.25) is 5.88 Å². The molecule has 1 aromatic heterocycles. The fourth-order valence-corrected chi connectivity index (χ4v) is 1.72. The van der Waals surface area contributed by atoms with Crippen LogP contribution in [0.15, 0.2) is 10.5 Å². The van der Waals surface area contributed by atoms with E-state index in [0.717, 1.165) is 6.07 Å². The van der Waals surface area contributed by atoms with E-state index in [2.05, 4.69) is 25.7 Å². The molecule has 0 aromatic carbocycles. The number of pyridine rings is 1. The molecule has 0 amide bonds. The lowest BCUT2D eigenvalue weighted by molar-refractivity contribution is -0.139. The standard InChI is InChI=1S/C10H10BrF2NO3/c1-16-7(15)4-5-3-6(9(12)13)8(11)10(14-5)17-2/h3,9H,4H2,1-2H3. The largest absolute Gasteiger partial charge is 0.480 e. The Balaban J connectivity index is 3.15. The van der Waals surface area contributed by atoms with E-state index in [1.165, 1.54) is 14.2 Å². The van der Waals surface area contributed by atoms with Crippen molar-refractivity contribution in [1.29, 1.82) is 0 Å². The van der Waals surface area contributed by atoms with Crippen molar-refractivity contribution in [2.75, 3.05) is 14.2 Å². The molecule has 7 heteroatoms. The minimum atomic E-state index is -2.68. The van der Waals surface area contributed by atoms with Crippen molar-refractivity contribution >= 4 is 21.9 Å². The second-order valence-electron chi connectivity index (χ2n) is 3.08. The summed E-state index contributed by atoms with van der Waals surface area (Å²) in [6.07, 6.45) is -2.86. The summed E-state index contributed by atoms with van der Waals surface area (Å²) in [7, 11) is 2.52. The van der Waals surface area contributed by atoms with Crippen LogP contribution in [0.5, 0.6) is 5.88 Å². The number of hydrogen-bond acceptors (Lipinski definition) is 4. The number of carbonyl (C=O) groups is 1. The molecular weight excluding hydrogens is 300 g/mol. The fraction of sp³-hybridized carbons (Fsp3) is 0.400. The third kappa shape index (κ3) is 3.36. The Morgan fingerprint density at radius 3 is 2.65 bits per heavy atom. The van der Waals surface area contributed by atoms with Gasteiger partial charge in [0.15, 0.2) is 0 Å². The van der Waals surface area contributed by atoms with E-state index in [1.807, 2.05) is 0 Å². The van der Waals surface area contributed by atoms with Gasteiger partial charge in [0, 0.05) is 5.56 Å². The number of alkyl halides is 2. The highest BCUT2D eigenvalue weighted by Gasteiger charge is 2.19. The second-order valence-corrected chi connectivity index (χ2v) is 3.87. The number of methoxy groups -OCH3 is 2. The van der Waals surface area contributed by atoms with Crippen LogP contribution < -0.4 is 4.74 Å². The zero-order chi connectivity index (χ0) is 13.0. The maximum absolute atomic E-state index is 12.7. The van der Waals surface area contributed by atoms with Crippen LogP contribution in [-0.4, -0.2) is 25.2 Å². The fourth-order valence-electron chi connectivity index (χ4n) is 1.18. The van der Waals surface area contributed by atoms with Gasteiger partial charge in [0.1, 0.15) is 0 Å². The number of aromatic nitrogens is 1. The average Bonchev–Trinajstić information content (AvgIpc) is 2.30. The number of hydrogen-bond donors (Lipinski definition) is 0. The van der Waals surface area contributed by atoms with Crippen LogP contribution in [0.25, 0.3) is 0 Å². The van der Waals surface area contributed by atoms with Crippen molar-refractivity contribution in [3.05, 3.63) is 21.8 Å². The lowest BCUT2D eigenvalue weighted by atomic mass is 10.2. The van der Waals surface area contributed by atoms with Crippen LogP contribution in [-0.2, 0) is 16.0 Å². The van der Waals surface area contributed by atoms with E-state index in [0.29, 0.717) is 0 Å². The quantitative estimate of drug-likeness (QED) is 0.802. The maximum Gasteiger partial charge on any atom is 0.311 e. The normalized spacial score (nSPS) is 10.5. The zero-order valence-corrected chi connectivity index (χ0v) is 10.8. The topological polar surface area (TPSA) is 48.4 Å². The summed E-state index contributed by atoms with van der Waals surface area (Å²) in [6, 6.07) is 1.15. The Kier molecular flexibility index (Phi) is 4.80. The van der Waals surface area contributed by atoms with Gasteiger partial charge in [0.25, 0.3) is 6.43 Å². The van der Waals surface area contributed by atoms with Gasteiger partial charge in [-0.25, -0.2) is 13.8 Å². The Morgan fingerprint density at radius 1 is 1.53 bits per heavy atom. The lowest BCUT2D eigenvalue weighted by Crippen LogP contribution is -2.08. The summed E-state index contributed by atoms with van der Waals surface area (Å²) in [5, 5.41) is 0. The van der Waals surface area contributed by atoms with Gasteiger partial charge in [-0.2, -0.15) is 0 Å². The molecule has 17 heavy (non-hydrogen) atoms. The van der Waals surface area contributed by atoms with Gasteiger partial charge in [-0.15, -0.1) is 0 Å². The lowest BCUT2D eigenvalue weighted by Gasteiger charge is -2.10. The first-order valence-corrected chi connectivity index (χ1v) is 5.37. The van der Waals surface area contributed by atoms with Crippen molar-refractivity contribution in [3.8, 4) is 5.88 Å². The number of carbonyl (C=O) groups excluding carboxylic acids is 1. The van der Waals surface area contributed by atoms with Crippen LogP contribution in [0.3, 0.4) is 0 Å². The van der Waals surface area contributed by atoms with Crippen molar-refractivity contribution in [2.24, 2.45) is 0 Å². The van der Waals surface area contributed by atoms with Gasteiger partial charge in [-0.05, 0) is 22.0 Å². The second kappa shape index (κ2) is 5.90. The van der Waals surface area contributed by atoms with Gasteiger partial charge in [-0.3, -0.25) is 4.79 Å². The monoisotopic (exact) mass is 309 g/mol. The average molecular weight is 310 g/mol. The molecule has 0 saturated heterocycles. The summed E-state index contributed by atoms with van der Waals surface area (Å²) >= 11 is 2.98. The van der Waals surface area contributed by atoms with E-state index in [4.69, 9.17) is 4.74 Å². The predicted octanol–water partition coefficient (Wildman–Crippen LogP) is 2.51.